The Bertz CT molecular complexity index is 476. The van der Waals surface area contributed by atoms with Crippen LogP contribution in [0, 0.1) is 0 Å². The first-order valence-corrected chi connectivity index (χ1v) is 5.60. The summed E-state index contributed by atoms with van der Waals surface area (Å²) in [5.41, 5.74) is 6.44. The zero-order chi connectivity index (χ0) is 11.5. The number of nitrogen functional groups attached to an aromatic ring is 1. The minimum atomic E-state index is 0.418. The number of benzene rings is 1. The molecule has 1 heterocycles. The molecule has 0 aliphatic carbocycles. The van der Waals surface area contributed by atoms with Crippen LogP contribution in [0.5, 0.6) is 5.75 Å². The van der Waals surface area contributed by atoms with Crippen molar-refractivity contribution in [1.29, 1.82) is 0 Å². The van der Waals surface area contributed by atoms with Gasteiger partial charge in [0.25, 0.3) is 0 Å². The van der Waals surface area contributed by atoms with Crippen molar-refractivity contribution in [2.45, 2.75) is 6.61 Å². The number of aromatic nitrogens is 2. The third-order valence-corrected chi connectivity index (χ3v) is 2.64. The molecule has 4 nitrogen and oxygen atoms in total. The van der Waals surface area contributed by atoms with E-state index in [1.54, 1.807) is 4.57 Å². The molecule has 0 radical (unpaired) electrons. The van der Waals surface area contributed by atoms with Crippen molar-refractivity contribution in [3.05, 3.63) is 40.6 Å². The van der Waals surface area contributed by atoms with Crippen LogP contribution in [0.15, 0.2) is 34.9 Å². The monoisotopic (exact) mass is 281 g/mol. The molecule has 2 N–H and O–H groups in total. The lowest BCUT2D eigenvalue weighted by atomic mass is 10.3. The molecule has 0 aliphatic heterocycles. The second-order valence-corrected chi connectivity index (χ2v) is 4.36. The first kappa shape index (κ1) is 11.0. The fourth-order valence-electron chi connectivity index (χ4n) is 1.33. The summed E-state index contributed by atoms with van der Waals surface area (Å²) in [6.07, 6.45) is 1.85. The largest absolute Gasteiger partial charge is 0.487 e. The predicted octanol–water partition coefficient (Wildman–Crippen LogP) is 2.34. The Hall–Kier alpha value is -1.49. The number of halogens is 1. The van der Waals surface area contributed by atoms with E-state index in [1.807, 2.05) is 37.5 Å². The van der Waals surface area contributed by atoms with Gasteiger partial charge in [0.1, 0.15) is 12.4 Å². The highest BCUT2D eigenvalue weighted by molar-refractivity contribution is 9.10. The van der Waals surface area contributed by atoms with Crippen LogP contribution in [0.2, 0.25) is 0 Å². The molecule has 5 heteroatoms. The summed E-state index contributed by atoms with van der Waals surface area (Å²) < 4.78 is 8.33. The summed E-state index contributed by atoms with van der Waals surface area (Å²) in [5.74, 6) is 1.30. The molecule has 0 atom stereocenters. The second kappa shape index (κ2) is 4.57. The van der Waals surface area contributed by atoms with E-state index in [9.17, 15) is 0 Å². The molecule has 16 heavy (non-hydrogen) atoms. The molecule has 0 saturated carbocycles. The summed E-state index contributed by atoms with van der Waals surface area (Å²) >= 11 is 3.38. The van der Waals surface area contributed by atoms with Crippen molar-refractivity contribution < 1.29 is 4.74 Å². The van der Waals surface area contributed by atoms with Crippen LogP contribution in [-0.4, -0.2) is 9.55 Å². The Morgan fingerprint density at radius 3 is 2.94 bits per heavy atom. The maximum absolute atomic E-state index is 5.62. The number of anilines is 1. The topological polar surface area (TPSA) is 53.1 Å². The van der Waals surface area contributed by atoms with E-state index in [1.165, 1.54) is 0 Å². The highest BCUT2D eigenvalue weighted by atomic mass is 79.9. The molecule has 1 aromatic carbocycles. The molecule has 0 saturated heterocycles. The van der Waals surface area contributed by atoms with Crippen LogP contribution in [0.3, 0.4) is 0 Å². The Labute approximate surface area is 102 Å². The maximum atomic E-state index is 5.62. The van der Waals surface area contributed by atoms with Crippen molar-refractivity contribution in [2.75, 3.05) is 5.73 Å². The van der Waals surface area contributed by atoms with E-state index in [-0.39, 0.29) is 0 Å². The first-order chi connectivity index (χ1) is 7.65. The van der Waals surface area contributed by atoms with E-state index >= 15 is 0 Å². The van der Waals surface area contributed by atoms with Gasteiger partial charge in [-0.15, -0.1) is 0 Å². The molecule has 0 bridgehead atoms. The van der Waals surface area contributed by atoms with Crippen molar-refractivity contribution in [3.63, 3.8) is 0 Å². The van der Waals surface area contributed by atoms with Crippen molar-refractivity contribution in [2.24, 2.45) is 7.05 Å². The minimum Gasteiger partial charge on any atom is -0.487 e. The molecule has 0 fully saturated rings. The molecule has 84 valence electrons. The molecule has 2 aromatic rings. The van der Waals surface area contributed by atoms with Gasteiger partial charge in [-0.1, -0.05) is 22.0 Å². The number of aryl methyl sites for hydroxylation is 1. The molecule has 2 rings (SSSR count). The Kier molecular flexibility index (Phi) is 3.14. The second-order valence-electron chi connectivity index (χ2n) is 3.45. The first-order valence-electron chi connectivity index (χ1n) is 4.81. The fraction of sp³-hybridized carbons (Fsp3) is 0.182. The van der Waals surface area contributed by atoms with E-state index in [0.29, 0.717) is 12.6 Å². The van der Waals surface area contributed by atoms with E-state index < -0.39 is 0 Å². The van der Waals surface area contributed by atoms with Gasteiger partial charge in [-0.2, -0.15) is 0 Å². The summed E-state index contributed by atoms with van der Waals surface area (Å²) in [7, 11) is 1.85. The van der Waals surface area contributed by atoms with Crippen molar-refractivity contribution in [1.82, 2.24) is 9.55 Å². The van der Waals surface area contributed by atoms with Crippen LogP contribution in [0.1, 0.15) is 5.69 Å². The minimum absolute atomic E-state index is 0.418. The fourth-order valence-corrected chi connectivity index (χ4v) is 1.71. The molecule has 1 aromatic heterocycles. The summed E-state index contributed by atoms with van der Waals surface area (Å²) in [5, 5.41) is 0. The Balaban J connectivity index is 2.02. The zero-order valence-corrected chi connectivity index (χ0v) is 10.4. The Morgan fingerprint density at radius 1 is 1.50 bits per heavy atom. The molecule has 0 unspecified atom stereocenters. The standard InChI is InChI=1S/C11H12BrN3O/c1-15-6-9(14-11(15)13)7-16-10-4-2-3-8(12)5-10/h2-6H,7H2,1H3,(H2,13,14). The maximum Gasteiger partial charge on any atom is 0.200 e. The van der Waals surface area contributed by atoms with Crippen molar-refractivity contribution >= 4 is 21.9 Å². The van der Waals surface area contributed by atoms with Gasteiger partial charge in [0.05, 0.1) is 5.69 Å². The van der Waals surface area contributed by atoms with Gasteiger partial charge in [0, 0.05) is 17.7 Å². The van der Waals surface area contributed by atoms with Crippen LogP contribution in [0.25, 0.3) is 0 Å². The van der Waals surface area contributed by atoms with Crippen LogP contribution >= 0.6 is 15.9 Å². The predicted molar refractivity (Wildman–Crippen MR) is 66.1 cm³/mol. The van der Waals surface area contributed by atoms with Gasteiger partial charge in [-0.3, -0.25) is 0 Å². The zero-order valence-electron chi connectivity index (χ0n) is 8.85. The normalized spacial score (nSPS) is 10.4. The van der Waals surface area contributed by atoms with Gasteiger partial charge in [-0.25, -0.2) is 4.98 Å². The van der Waals surface area contributed by atoms with Crippen LogP contribution < -0.4 is 10.5 Å². The average Bonchev–Trinajstić information content (AvgIpc) is 2.56. The lowest BCUT2D eigenvalue weighted by Crippen LogP contribution is -1.96. The molecular weight excluding hydrogens is 270 g/mol. The number of rotatable bonds is 3. The summed E-state index contributed by atoms with van der Waals surface area (Å²) in [6.45, 7) is 0.418. The van der Waals surface area contributed by atoms with Gasteiger partial charge in [-0.05, 0) is 18.2 Å². The van der Waals surface area contributed by atoms with Gasteiger partial charge < -0.3 is 15.0 Å². The highest BCUT2D eigenvalue weighted by Gasteiger charge is 2.02. The average molecular weight is 282 g/mol. The number of imidazole rings is 1. The highest BCUT2D eigenvalue weighted by Crippen LogP contribution is 2.18. The van der Waals surface area contributed by atoms with E-state index in [0.717, 1.165) is 15.9 Å². The van der Waals surface area contributed by atoms with Gasteiger partial charge in [0.15, 0.2) is 5.95 Å². The number of nitrogens with two attached hydrogens (primary N) is 1. The lowest BCUT2D eigenvalue weighted by molar-refractivity contribution is 0.301. The summed E-state index contributed by atoms with van der Waals surface area (Å²) in [6, 6.07) is 7.68. The van der Waals surface area contributed by atoms with Crippen molar-refractivity contribution in [3.8, 4) is 5.75 Å². The van der Waals surface area contributed by atoms with E-state index in [2.05, 4.69) is 20.9 Å². The third kappa shape index (κ3) is 2.55. The Morgan fingerprint density at radius 2 is 2.31 bits per heavy atom. The number of hydrogen-bond acceptors (Lipinski definition) is 3. The van der Waals surface area contributed by atoms with Crippen LogP contribution in [0.4, 0.5) is 5.95 Å². The smallest absolute Gasteiger partial charge is 0.200 e. The SMILES string of the molecule is Cn1cc(COc2cccc(Br)c2)nc1N. The number of hydrogen-bond donors (Lipinski definition) is 1. The van der Waals surface area contributed by atoms with E-state index in [4.69, 9.17) is 10.5 Å². The van der Waals surface area contributed by atoms with Crippen LogP contribution in [-0.2, 0) is 13.7 Å². The number of nitrogens with zero attached hydrogens (tertiary/aromatic N) is 2. The molecule has 0 spiro atoms. The molecule has 0 amide bonds. The van der Waals surface area contributed by atoms with Gasteiger partial charge >= 0.3 is 0 Å². The van der Waals surface area contributed by atoms with Gasteiger partial charge in [0.2, 0.25) is 0 Å². The third-order valence-electron chi connectivity index (χ3n) is 2.14. The molecule has 0 aliphatic rings. The quantitative estimate of drug-likeness (QED) is 0.940. The summed E-state index contributed by atoms with van der Waals surface area (Å²) in [4.78, 5) is 4.15. The lowest BCUT2D eigenvalue weighted by Gasteiger charge is -2.03. The number of ether oxygens (including phenoxy) is 1. The molecular formula is C11H12BrN3O.